The fourth-order valence-corrected chi connectivity index (χ4v) is 3.97. The lowest BCUT2D eigenvalue weighted by atomic mass is 10.4. The first-order chi connectivity index (χ1) is 6.64. The lowest BCUT2D eigenvalue weighted by Gasteiger charge is -2.29. The molecule has 14 heavy (non-hydrogen) atoms. The highest BCUT2D eigenvalue weighted by Gasteiger charge is 2.35. The predicted molar refractivity (Wildman–Crippen MR) is 63.5 cm³/mol. The van der Waals surface area contributed by atoms with Crippen molar-refractivity contribution in [2.45, 2.75) is 53.1 Å². The van der Waals surface area contributed by atoms with Crippen LogP contribution in [0.1, 0.15) is 41.0 Å². The summed E-state index contributed by atoms with van der Waals surface area (Å²) in [4.78, 5) is 0. The van der Waals surface area contributed by atoms with Gasteiger partial charge >= 0.3 is 8.56 Å². The van der Waals surface area contributed by atoms with Gasteiger partial charge < -0.3 is 8.85 Å². The van der Waals surface area contributed by atoms with Crippen molar-refractivity contribution in [3.05, 3.63) is 11.8 Å². The number of allylic oxidation sites excluding steroid dienone is 2. The number of hydrogen-bond donors (Lipinski definition) is 0. The van der Waals surface area contributed by atoms with Gasteiger partial charge in [0.05, 0.1) is 5.76 Å². The highest BCUT2D eigenvalue weighted by Crippen LogP contribution is 2.21. The SMILES string of the molecule is CCC=C(C)O[Si](CC)(CC)OCC. The van der Waals surface area contributed by atoms with Gasteiger partial charge in [-0.2, -0.15) is 0 Å². The van der Waals surface area contributed by atoms with Gasteiger partial charge in [0.2, 0.25) is 0 Å². The summed E-state index contributed by atoms with van der Waals surface area (Å²) in [7, 11) is -1.91. The second-order valence-corrected chi connectivity index (χ2v) is 7.10. The number of rotatable bonds is 7. The second-order valence-electron chi connectivity index (χ2n) is 3.38. The molecule has 0 saturated carbocycles. The molecule has 2 nitrogen and oxygen atoms in total. The standard InChI is InChI=1S/C11H24O2Si/c1-6-10-11(5)13-14(8-3,9-4)12-7-2/h10H,6-9H2,1-5H3. The summed E-state index contributed by atoms with van der Waals surface area (Å²) < 4.78 is 11.8. The van der Waals surface area contributed by atoms with E-state index in [9.17, 15) is 0 Å². The van der Waals surface area contributed by atoms with Crippen molar-refractivity contribution in [3.8, 4) is 0 Å². The third-order valence-corrected chi connectivity index (χ3v) is 5.99. The first kappa shape index (κ1) is 13.7. The van der Waals surface area contributed by atoms with E-state index in [1.807, 2.05) is 13.8 Å². The van der Waals surface area contributed by atoms with Crippen LogP contribution in [0.15, 0.2) is 11.8 Å². The monoisotopic (exact) mass is 216 g/mol. The van der Waals surface area contributed by atoms with Gasteiger partial charge in [-0.15, -0.1) is 0 Å². The molecule has 0 aromatic rings. The summed E-state index contributed by atoms with van der Waals surface area (Å²) in [5.74, 6) is 1.02. The molecule has 0 amide bonds. The van der Waals surface area contributed by atoms with Gasteiger partial charge in [-0.25, -0.2) is 0 Å². The fraction of sp³-hybridized carbons (Fsp3) is 0.818. The molecule has 0 unspecified atom stereocenters. The maximum atomic E-state index is 6.00. The molecular formula is C11H24O2Si. The molecule has 0 heterocycles. The van der Waals surface area contributed by atoms with E-state index >= 15 is 0 Å². The van der Waals surface area contributed by atoms with Gasteiger partial charge in [-0.1, -0.05) is 20.8 Å². The zero-order chi connectivity index (χ0) is 11.0. The third kappa shape index (κ3) is 4.29. The van der Waals surface area contributed by atoms with E-state index in [-0.39, 0.29) is 0 Å². The van der Waals surface area contributed by atoms with Gasteiger partial charge in [-0.3, -0.25) is 0 Å². The lowest BCUT2D eigenvalue weighted by Crippen LogP contribution is -2.40. The van der Waals surface area contributed by atoms with E-state index in [0.717, 1.165) is 30.9 Å². The number of hydrogen-bond acceptors (Lipinski definition) is 2. The van der Waals surface area contributed by atoms with Crippen LogP contribution in [-0.2, 0) is 8.85 Å². The fourth-order valence-electron chi connectivity index (χ4n) is 1.51. The summed E-state index contributed by atoms with van der Waals surface area (Å²) in [5.41, 5.74) is 0. The summed E-state index contributed by atoms with van der Waals surface area (Å²) in [6.45, 7) is 11.3. The molecule has 0 aliphatic heterocycles. The summed E-state index contributed by atoms with van der Waals surface area (Å²) in [6, 6.07) is 2.04. The molecule has 0 atom stereocenters. The highest BCUT2D eigenvalue weighted by molar-refractivity contribution is 6.67. The van der Waals surface area contributed by atoms with Crippen LogP contribution < -0.4 is 0 Å². The van der Waals surface area contributed by atoms with Gasteiger partial charge in [0.15, 0.2) is 0 Å². The quantitative estimate of drug-likeness (QED) is 0.475. The normalized spacial score (nSPS) is 13.1. The van der Waals surface area contributed by atoms with Crippen LogP contribution >= 0.6 is 0 Å². The molecule has 3 heteroatoms. The minimum atomic E-state index is -1.91. The van der Waals surface area contributed by atoms with Gasteiger partial charge in [0.25, 0.3) is 0 Å². The molecule has 0 spiro atoms. The maximum absolute atomic E-state index is 6.00. The Morgan fingerprint density at radius 2 is 1.71 bits per heavy atom. The molecule has 0 saturated heterocycles. The van der Waals surface area contributed by atoms with Crippen molar-refractivity contribution < 1.29 is 8.85 Å². The zero-order valence-corrected chi connectivity index (χ0v) is 11.2. The molecule has 0 aromatic heterocycles. The Labute approximate surface area is 89.6 Å². The molecule has 0 N–H and O–H groups in total. The van der Waals surface area contributed by atoms with Crippen LogP contribution in [0.2, 0.25) is 12.1 Å². The summed E-state index contributed by atoms with van der Waals surface area (Å²) in [5, 5.41) is 0. The second kappa shape index (κ2) is 7.07. The predicted octanol–water partition coefficient (Wildman–Crippen LogP) is 3.84. The third-order valence-electron chi connectivity index (χ3n) is 2.32. The minimum absolute atomic E-state index is 0.757. The van der Waals surface area contributed by atoms with Crippen LogP contribution in [0.25, 0.3) is 0 Å². The molecule has 0 rings (SSSR count). The molecule has 0 aromatic carbocycles. The Bertz CT molecular complexity index is 174. The van der Waals surface area contributed by atoms with Crippen molar-refractivity contribution in [1.29, 1.82) is 0 Å². The van der Waals surface area contributed by atoms with E-state index in [1.165, 1.54) is 0 Å². The van der Waals surface area contributed by atoms with Crippen molar-refractivity contribution in [3.63, 3.8) is 0 Å². The van der Waals surface area contributed by atoms with Crippen molar-refractivity contribution >= 4 is 8.56 Å². The highest BCUT2D eigenvalue weighted by atomic mass is 28.4. The summed E-state index contributed by atoms with van der Waals surface area (Å²) >= 11 is 0. The molecule has 0 bridgehead atoms. The van der Waals surface area contributed by atoms with Crippen LogP contribution in [-0.4, -0.2) is 15.2 Å². The van der Waals surface area contributed by atoms with Crippen LogP contribution in [0.4, 0.5) is 0 Å². The van der Waals surface area contributed by atoms with E-state index in [0.29, 0.717) is 0 Å². The first-order valence-electron chi connectivity index (χ1n) is 5.63. The summed E-state index contributed by atoms with van der Waals surface area (Å²) in [6.07, 6.45) is 3.14. The van der Waals surface area contributed by atoms with Crippen molar-refractivity contribution in [2.75, 3.05) is 6.61 Å². The van der Waals surface area contributed by atoms with Crippen LogP contribution in [0.3, 0.4) is 0 Å². The first-order valence-corrected chi connectivity index (χ1v) is 7.86. The molecule has 0 aliphatic carbocycles. The van der Waals surface area contributed by atoms with E-state index in [4.69, 9.17) is 8.85 Å². The van der Waals surface area contributed by atoms with E-state index in [1.54, 1.807) is 0 Å². The van der Waals surface area contributed by atoms with Crippen LogP contribution in [0.5, 0.6) is 0 Å². The molecular weight excluding hydrogens is 192 g/mol. The van der Waals surface area contributed by atoms with Gasteiger partial charge in [0.1, 0.15) is 0 Å². The molecule has 0 radical (unpaired) electrons. The van der Waals surface area contributed by atoms with Gasteiger partial charge in [0, 0.05) is 6.61 Å². The Hall–Kier alpha value is -0.283. The van der Waals surface area contributed by atoms with Gasteiger partial charge in [-0.05, 0) is 38.4 Å². The Kier molecular flexibility index (Phi) is 6.92. The average Bonchev–Trinajstić information content (AvgIpc) is 2.17. The van der Waals surface area contributed by atoms with Crippen molar-refractivity contribution in [1.82, 2.24) is 0 Å². The van der Waals surface area contributed by atoms with Crippen molar-refractivity contribution in [2.24, 2.45) is 0 Å². The Balaban J connectivity index is 4.41. The molecule has 0 aliphatic rings. The van der Waals surface area contributed by atoms with E-state index in [2.05, 4.69) is 26.8 Å². The smallest absolute Gasteiger partial charge is 0.398 e. The average molecular weight is 216 g/mol. The minimum Gasteiger partial charge on any atom is -0.524 e. The topological polar surface area (TPSA) is 18.5 Å². The van der Waals surface area contributed by atoms with Crippen LogP contribution in [0, 0.1) is 0 Å². The maximum Gasteiger partial charge on any atom is 0.398 e. The molecule has 84 valence electrons. The van der Waals surface area contributed by atoms with E-state index < -0.39 is 8.56 Å². The zero-order valence-electron chi connectivity index (χ0n) is 10.2. The largest absolute Gasteiger partial charge is 0.524 e. The molecule has 0 fully saturated rings. The Morgan fingerprint density at radius 3 is 2.07 bits per heavy atom. The lowest BCUT2D eigenvalue weighted by molar-refractivity contribution is 0.217. The Morgan fingerprint density at radius 1 is 1.14 bits per heavy atom.